The molecule has 0 radical (unpaired) electrons. The van der Waals surface area contributed by atoms with E-state index >= 15 is 0 Å². The average Bonchev–Trinajstić information content (AvgIpc) is 2.24. The minimum Gasteiger partial charge on any atom is -0.508 e. The summed E-state index contributed by atoms with van der Waals surface area (Å²) in [4.78, 5) is -0.517. The molecule has 0 aliphatic carbocycles. The highest BCUT2D eigenvalue weighted by Crippen LogP contribution is 2.52. The topological polar surface area (TPSA) is 40.5 Å². The molecular formula is C10H8F6O2S. The van der Waals surface area contributed by atoms with Crippen molar-refractivity contribution < 1.29 is 36.6 Å². The van der Waals surface area contributed by atoms with Gasteiger partial charge in [0.25, 0.3) is 5.60 Å². The van der Waals surface area contributed by atoms with Crippen molar-refractivity contribution in [1.29, 1.82) is 0 Å². The molecule has 19 heavy (non-hydrogen) atoms. The van der Waals surface area contributed by atoms with Crippen molar-refractivity contribution >= 4 is 11.8 Å². The zero-order valence-corrected chi connectivity index (χ0v) is 10.1. The Kier molecular flexibility index (Phi) is 4.02. The number of aromatic hydroxyl groups is 1. The predicted octanol–water partition coefficient (Wildman–Crippen LogP) is 3.43. The Morgan fingerprint density at radius 1 is 1.00 bits per heavy atom. The molecule has 0 aromatic heterocycles. The van der Waals surface area contributed by atoms with Crippen molar-refractivity contribution in [3.63, 3.8) is 0 Å². The number of benzene rings is 1. The molecule has 0 atom stereocenters. The van der Waals surface area contributed by atoms with Gasteiger partial charge < -0.3 is 10.2 Å². The van der Waals surface area contributed by atoms with Crippen LogP contribution in [0.2, 0.25) is 0 Å². The number of alkyl halides is 6. The summed E-state index contributed by atoms with van der Waals surface area (Å²) in [7, 11) is 0. The normalized spacial score (nSPS) is 13.7. The smallest absolute Gasteiger partial charge is 0.430 e. The monoisotopic (exact) mass is 306 g/mol. The van der Waals surface area contributed by atoms with Gasteiger partial charge in [-0.15, -0.1) is 11.8 Å². The lowest BCUT2D eigenvalue weighted by atomic mass is 9.92. The molecule has 0 heterocycles. The Morgan fingerprint density at radius 3 is 1.84 bits per heavy atom. The summed E-state index contributed by atoms with van der Waals surface area (Å²) in [5, 5.41) is 18.3. The number of halogens is 6. The van der Waals surface area contributed by atoms with Crippen LogP contribution in [0.15, 0.2) is 23.1 Å². The number of rotatable bonds is 2. The van der Waals surface area contributed by atoms with Gasteiger partial charge in [-0.3, -0.25) is 0 Å². The maximum absolute atomic E-state index is 12.7. The van der Waals surface area contributed by atoms with Crippen molar-refractivity contribution in [3.05, 3.63) is 23.8 Å². The van der Waals surface area contributed by atoms with Crippen molar-refractivity contribution in [2.75, 3.05) is 6.26 Å². The summed E-state index contributed by atoms with van der Waals surface area (Å²) >= 11 is 0.549. The van der Waals surface area contributed by atoms with Crippen LogP contribution < -0.4 is 0 Å². The van der Waals surface area contributed by atoms with E-state index in [1.165, 1.54) is 6.26 Å². The zero-order valence-electron chi connectivity index (χ0n) is 9.30. The highest BCUT2D eigenvalue weighted by atomic mass is 32.2. The predicted molar refractivity (Wildman–Crippen MR) is 55.9 cm³/mol. The summed E-state index contributed by atoms with van der Waals surface area (Å²) in [5.41, 5.74) is -6.34. The van der Waals surface area contributed by atoms with Crippen molar-refractivity contribution in [2.24, 2.45) is 0 Å². The molecule has 1 aromatic carbocycles. The highest BCUT2D eigenvalue weighted by Gasteiger charge is 2.72. The SMILES string of the molecule is CSc1cc(O)ccc1C(O)(C(F)(F)F)C(F)(F)F. The molecule has 1 aromatic rings. The van der Waals surface area contributed by atoms with Gasteiger partial charge in [0.15, 0.2) is 0 Å². The van der Waals surface area contributed by atoms with Crippen LogP contribution in [0, 0.1) is 0 Å². The molecule has 0 unspecified atom stereocenters. The summed E-state index contributed by atoms with van der Waals surface area (Å²) in [5.74, 6) is -0.500. The molecule has 0 amide bonds. The molecule has 0 fully saturated rings. The molecule has 108 valence electrons. The molecule has 0 aliphatic heterocycles. The first-order valence-electron chi connectivity index (χ1n) is 4.68. The average molecular weight is 306 g/mol. The van der Waals surface area contributed by atoms with Gasteiger partial charge in [-0.05, 0) is 18.4 Å². The number of phenolic OH excluding ortho intramolecular Hbond substituents is 1. The number of hydrogen-bond donors (Lipinski definition) is 2. The van der Waals surface area contributed by atoms with Crippen molar-refractivity contribution in [1.82, 2.24) is 0 Å². The van der Waals surface area contributed by atoms with Crippen LogP contribution in [0.5, 0.6) is 5.75 Å². The number of phenols is 1. The first kappa shape index (κ1) is 16.0. The first-order chi connectivity index (χ1) is 8.45. The van der Waals surface area contributed by atoms with E-state index in [0.717, 1.165) is 6.07 Å². The zero-order chi connectivity index (χ0) is 15.1. The van der Waals surface area contributed by atoms with E-state index in [4.69, 9.17) is 5.11 Å². The lowest BCUT2D eigenvalue weighted by molar-refractivity contribution is -0.377. The lowest BCUT2D eigenvalue weighted by Crippen LogP contribution is -2.54. The van der Waals surface area contributed by atoms with Gasteiger partial charge in [0.2, 0.25) is 0 Å². The fourth-order valence-electron chi connectivity index (χ4n) is 1.44. The van der Waals surface area contributed by atoms with Crippen LogP contribution in [0.3, 0.4) is 0 Å². The maximum Gasteiger partial charge on any atom is 0.430 e. The van der Waals surface area contributed by atoms with E-state index in [0.29, 0.717) is 23.9 Å². The van der Waals surface area contributed by atoms with E-state index in [9.17, 15) is 31.4 Å². The molecule has 0 saturated carbocycles. The largest absolute Gasteiger partial charge is 0.508 e. The second-order valence-electron chi connectivity index (χ2n) is 3.59. The van der Waals surface area contributed by atoms with Crippen LogP contribution in [-0.2, 0) is 5.60 Å². The Morgan fingerprint density at radius 2 is 1.47 bits per heavy atom. The third-order valence-corrected chi connectivity index (χ3v) is 3.17. The second kappa shape index (κ2) is 4.78. The molecule has 9 heteroatoms. The van der Waals surface area contributed by atoms with E-state index in [1.807, 2.05) is 0 Å². The highest BCUT2D eigenvalue weighted by molar-refractivity contribution is 7.98. The van der Waals surface area contributed by atoms with Gasteiger partial charge in [0, 0.05) is 10.5 Å². The molecule has 0 aliphatic rings. The van der Waals surface area contributed by atoms with Gasteiger partial charge in [0.05, 0.1) is 0 Å². The summed E-state index contributed by atoms with van der Waals surface area (Å²) < 4.78 is 76.0. The van der Waals surface area contributed by atoms with Gasteiger partial charge >= 0.3 is 12.4 Å². The molecule has 2 N–H and O–H groups in total. The van der Waals surface area contributed by atoms with Crippen LogP contribution in [0.4, 0.5) is 26.3 Å². The molecule has 0 bridgehead atoms. The van der Waals surface area contributed by atoms with Crippen LogP contribution in [0.1, 0.15) is 5.56 Å². The molecule has 1 rings (SSSR count). The lowest BCUT2D eigenvalue weighted by Gasteiger charge is -2.33. The van der Waals surface area contributed by atoms with E-state index in [2.05, 4.69) is 0 Å². The number of hydrogen-bond acceptors (Lipinski definition) is 3. The Labute approximate surface area is 108 Å². The van der Waals surface area contributed by atoms with Crippen molar-refractivity contribution in [2.45, 2.75) is 22.8 Å². The number of aliphatic hydroxyl groups is 1. The third kappa shape index (κ3) is 2.62. The second-order valence-corrected chi connectivity index (χ2v) is 4.44. The molecule has 0 saturated heterocycles. The Bertz CT molecular complexity index is 454. The first-order valence-corrected chi connectivity index (χ1v) is 5.91. The standard InChI is InChI=1S/C10H8F6O2S/c1-19-7-4-5(17)2-3-6(7)8(18,9(11,12)13)10(14,15)16/h2-4,17-18H,1H3. The van der Waals surface area contributed by atoms with E-state index in [1.54, 1.807) is 0 Å². The van der Waals surface area contributed by atoms with Crippen LogP contribution >= 0.6 is 11.8 Å². The molecular weight excluding hydrogens is 298 g/mol. The van der Waals surface area contributed by atoms with Crippen molar-refractivity contribution in [3.8, 4) is 5.75 Å². The van der Waals surface area contributed by atoms with Gasteiger partial charge in [-0.2, -0.15) is 26.3 Å². The minimum atomic E-state index is -5.94. The molecule has 0 spiro atoms. The van der Waals surface area contributed by atoms with Gasteiger partial charge in [0.1, 0.15) is 5.75 Å². The van der Waals surface area contributed by atoms with Gasteiger partial charge in [-0.1, -0.05) is 6.07 Å². The maximum atomic E-state index is 12.7. The fraction of sp³-hybridized carbons (Fsp3) is 0.400. The summed E-state index contributed by atoms with van der Waals surface area (Å²) in [6, 6.07) is 1.78. The number of thioether (sulfide) groups is 1. The fourth-order valence-corrected chi connectivity index (χ4v) is 2.12. The van der Waals surface area contributed by atoms with Gasteiger partial charge in [-0.25, -0.2) is 0 Å². The Hall–Kier alpha value is -1.09. The van der Waals surface area contributed by atoms with Crippen LogP contribution in [-0.4, -0.2) is 28.8 Å². The van der Waals surface area contributed by atoms with E-state index in [-0.39, 0.29) is 0 Å². The quantitative estimate of drug-likeness (QED) is 0.650. The third-order valence-electron chi connectivity index (χ3n) is 2.40. The minimum absolute atomic E-state index is 0.405. The van der Waals surface area contributed by atoms with Crippen LogP contribution in [0.25, 0.3) is 0 Å². The van der Waals surface area contributed by atoms with E-state index < -0.39 is 34.2 Å². The Balaban J connectivity index is 3.61. The summed E-state index contributed by atoms with van der Waals surface area (Å²) in [6.45, 7) is 0. The summed E-state index contributed by atoms with van der Waals surface area (Å²) in [6.07, 6.45) is -10.6. The molecule has 2 nitrogen and oxygen atoms in total.